The number of hydrogen-bond donors (Lipinski definition) is 0. The molecule has 3 heteroatoms. The van der Waals surface area contributed by atoms with Crippen molar-refractivity contribution in [1.29, 1.82) is 0 Å². The van der Waals surface area contributed by atoms with Gasteiger partial charge in [-0.15, -0.1) is 0 Å². The molecule has 0 amide bonds. The van der Waals surface area contributed by atoms with E-state index in [2.05, 4.69) is 86.8 Å². The number of quaternary nitrogens is 1. The van der Waals surface area contributed by atoms with Crippen molar-refractivity contribution in [3.05, 3.63) is 89.0 Å². The van der Waals surface area contributed by atoms with Gasteiger partial charge in [-0.05, 0) is 57.2 Å². The van der Waals surface area contributed by atoms with Gasteiger partial charge in [0.05, 0.1) is 26.8 Å². The van der Waals surface area contributed by atoms with Gasteiger partial charge in [0.1, 0.15) is 13.1 Å². The standard InChI is InChI=1S/C28H30NO.HI/c1-21-24(14-15-29(2)16-18-30-19-17-29)26-12-5-6-13-27(26)28(21)20-23-10-7-9-22-8-3-4-11-25(22)23;/h3-13,20H,14-19H2,1-2H3;1H/q+1;/p-1. The van der Waals surface area contributed by atoms with E-state index in [1.165, 1.54) is 50.7 Å². The molecule has 1 fully saturated rings. The molecule has 1 heterocycles. The highest BCUT2D eigenvalue weighted by atomic mass is 127. The van der Waals surface area contributed by atoms with Crippen molar-refractivity contribution in [2.24, 2.45) is 0 Å². The number of morpholine rings is 1. The molecule has 1 aliphatic carbocycles. The lowest BCUT2D eigenvalue weighted by atomic mass is 9.97. The van der Waals surface area contributed by atoms with E-state index in [4.69, 9.17) is 4.74 Å². The smallest absolute Gasteiger partial charge is 0.102 e. The molecule has 0 N–H and O–H groups in total. The molecule has 0 bridgehead atoms. The van der Waals surface area contributed by atoms with Gasteiger partial charge in [0.2, 0.25) is 0 Å². The number of nitrogens with zero attached hydrogens (tertiary/aromatic N) is 1. The van der Waals surface area contributed by atoms with E-state index in [0.29, 0.717) is 0 Å². The third kappa shape index (κ3) is 4.36. The summed E-state index contributed by atoms with van der Waals surface area (Å²) in [7, 11) is 2.38. The SMILES string of the molecule is CC1=C(CC[N+]2(C)CCOCC2)c2ccccc2C1=Cc1cccc2ccccc12.[I-]. The van der Waals surface area contributed by atoms with Gasteiger partial charge in [-0.3, -0.25) is 0 Å². The van der Waals surface area contributed by atoms with E-state index in [1.54, 1.807) is 0 Å². The Morgan fingerprint density at radius 2 is 1.55 bits per heavy atom. The number of benzene rings is 3. The van der Waals surface area contributed by atoms with Gasteiger partial charge in [0.15, 0.2) is 0 Å². The first-order valence-corrected chi connectivity index (χ1v) is 11.1. The minimum atomic E-state index is 0. The summed E-state index contributed by atoms with van der Waals surface area (Å²) in [5.74, 6) is 0. The zero-order chi connectivity index (χ0) is 20.6. The molecule has 2 aliphatic rings. The third-order valence-corrected chi connectivity index (χ3v) is 6.97. The Morgan fingerprint density at radius 3 is 2.35 bits per heavy atom. The fourth-order valence-electron chi connectivity index (χ4n) is 4.98. The highest BCUT2D eigenvalue weighted by Crippen LogP contribution is 2.44. The van der Waals surface area contributed by atoms with E-state index in [0.717, 1.165) is 37.2 Å². The molecule has 0 unspecified atom stereocenters. The van der Waals surface area contributed by atoms with E-state index in [9.17, 15) is 0 Å². The van der Waals surface area contributed by atoms with Crippen LogP contribution in [0.2, 0.25) is 0 Å². The van der Waals surface area contributed by atoms with Crippen molar-refractivity contribution in [3.63, 3.8) is 0 Å². The van der Waals surface area contributed by atoms with Gasteiger partial charge in [-0.1, -0.05) is 66.7 Å². The predicted molar refractivity (Wildman–Crippen MR) is 127 cm³/mol. The lowest BCUT2D eigenvalue weighted by molar-refractivity contribution is -0.916. The largest absolute Gasteiger partial charge is 1.00 e. The predicted octanol–water partition coefficient (Wildman–Crippen LogP) is 3.04. The first kappa shape index (κ1) is 22.3. The fraction of sp³-hybridized carbons (Fsp3) is 0.286. The van der Waals surface area contributed by atoms with E-state index in [-0.39, 0.29) is 24.0 Å². The van der Waals surface area contributed by atoms with Gasteiger partial charge >= 0.3 is 0 Å². The Bertz CT molecular complexity index is 1150. The highest BCUT2D eigenvalue weighted by molar-refractivity contribution is 6.07. The van der Waals surface area contributed by atoms with Crippen molar-refractivity contribution < 1.29 is 33.2 Å². The van der Waals surface area contributed by atoms with Crippen LogP contribution in [0.25, 0.3) is 28.0 Å². The van der Waals surface area contributed by atoms with Crippen LogP contribution < -0.4 is 24.0 Å². The maximum atomic E-state index is 5.60. The summed E-state index contributed by atoms with van der Waals surface area (Å²) < 4.78 is 6.71. The minimum Gasteiger partial charge on any atom is -1.00 e. The number of allylic oxidation sites excluding steroid dienone is 2. The Morgan fingerprint density at radius 1 is 0.871 bits per heavy atom. The first-order chi connectivity index (χ1) is 14.6. The summed E-state index contributed by atoms with van der Waals surface area (Å²) in [6.45, 7) is 7.49. The number of halogens is 1. The molecular weight excluding hydrogens is 493 g/mol. The molecule has 0 spiro atoms. The van der Waals surface area contributed by atoms with Crippen LogP contribution in [-0.2, 0) is 4.74 Å². The molecular formula is C28H30INO. The Balaban J connectivity index is 0.00000231. The number of ether oxygens (including phenoxy) is 1. The summed E-state index contributed by atoms with van der Waals surface area (Å²) in [6.07, 6.45) is 3.51. The zero-order valence-electron chi connectivity index (χ0n) is 18.4. The molecule has 0 aromatic heterocycles. The topological polar surface area (TPSA) is 9.23 Å². The molecule has 31 heavy (non-hydrogen) atoms. The van der Waals surface area contributed by atoms with Crippen molar-refractivity contribution in [2.45, 2.75) is 13.3 Å². The number of rotatable bonds is 4. The first-order valence-electron chi connectivity index (χ1n) is 11.1. The summed E-state index contributed by atoms with van der Waals surface area (Å²) in [4.78, 5) is 0. The fourth-order valence-corrected chi connectivity index (χ4v) is 4.98. The zero-order valence-corrected chi connectivity index (χ0v) is 20.6. The Kier molecular flexibility index (Phi) is 6.65. The van der Waals surface area contributed by atoms with E-state index < -0.39 is 0 Å². The number of hydrogen-bond acceptors (Lipinski definition) is 1. The van der Waals surface area contributed by atoms with Crippen molar-refractivity contribution in [3.8, 4) is 0 Å². The Hall–Kier alpha value is -1.95. The summed E-state index contributed by atoms with van der Waals surface area (Å²) >= 11 is 0. The Labute approximate surface area is 202 Å². The molecule has 5 rings (SSSR count). The molecule has 1 aliphatic heterocycles. The van der Waals surface area contributed by atoms with Crippen LogP contribution in [0.3, 0.4) is 0 Å². The second-order valence-corrected chi connectivity index (χ2v) is 8.93. The maximum Gasteiger partial charge on any atom is 0.102 e. The minimum absolute atomic E-state index is 0. The number of likely N-dealkylation sites (N-methyl/N-ethyl adjacent to an activating group) is 1. The van der Waals surface area contributed by atoms with Gasteiger partial charge in [-0.25, -0.2) is 0 Å². The van der Waals surface area contributed by atoms with Crippen LogP contribution >= 0.6 is 0 Å². The molecule has 0 radical (unpaired) electrons. The molecule has 3 aromatic rings. The highest BCUT2D eigenvalue weighted by Gasteiger charge is 2.29. The molecule has 2 nitrogen and oxygen atoms in total. The van der Waals surface area contributed by atoms with Crippen molar-refractivity contribution in [2.75, 3.05) is 39.9 Å². The van der Waals surface area contributed by atoms with Crippen LogP contribution in [0.5, 0.6) is 0 Å². The average Bonchev–Trinajstić information content (AvgIpc) is 3.04. The van der Waals surface area contributed by atoms with Crippen LogP contribution in [0.15, 0.2) is 72.3 Å². The maximum absolute atomic E-state index is 5.60. The lowest BCUT2D eigenvalue weighted by Gasteiger charge is -2.37. The second kappa shape index (κ2) is 9.27. The third-order valence-electron chi connectivity index (χ3n) is 6.97. The molecule has 0 atom stereocenters. The van der Waals surface area contributed by atoms with Crippen LogP contribution in [-0.4, -0.2) is 44.4 Å². The summed E-state index contributed by atoms with van der Waals surface area (Å²) in [5, 5.41) is 2.61. The van der Waals surface area contributed by atoms with Crippen LogP contribution in [0, 0.1) is 0 Å². The summed E-state index contributed by atoms with van der Waals surface area (Å²) in [6, 6.07) is 24.2. The monoisotopic (exact) mass is 523 g/mol. The molecule has 0 saturated carbocycles. The van der Waals surface area contributed by atoms with E-state index in [1.807, 2.05) is 0 Å². The average molecular weight is 523 g/mol. The summed E-state index contributed by atoms with van der Waals surface area (Å²) in [5.41, 5.74) is 8.42. The molecule has 1 saturated heterocycles. The van der Waals surface area contributed by atoms with Crippen molar-refractivity contribution in [1.82, 2.24) is 0 Å². The number of fused-ring (bicyclic) bond motifs is 2. The van der Waals surface area contributed by atoms with Crippen LogP contribution in [0.4, 0.5) is 0 Å². The van der Waals surface area contributed by atoms with Crippen LogP contribution in [0.1, 0.15) is 30.0 Å². The normalized spacial score (nSPS) is 18.8. The van der Waals surface area contributed by atoms with Gasteiger partial charge < -0.3 is 33.2 Å². The van der Waals surface area contributed by atoms with Crippen molar-refractivity contribution >= 4 is 28.0 Å². The quantitative estimate of drug-likeness (QED) is 0.378. The second-order valence-electron chi connectivity index (χ2n) is 8.93. The van der Waals surface area contributed by atoms with E-state index >= 15 is 0 Å². The van der Waals surface area contributed by atoms with Gasteiger partial charge in [-0.2, -0.15) is 0 Å². The molecule has 3 aromatic carbocycles. The lowest BCUT2D eigenvalue weighted by Crippen LogP contribution is -3.00. The van der Waals surface area contributed by atoms with Gasteiger partial charge in [0, 0.05) is 6.42 Å². The molecule has 160 valence electrons. The van der Waals surface area contributed by atoms with Gasteiger partial charge in [0.25, 0.3) is 0 Å².